The molecule has 1 aliphatic heterocycles. The zero-order valence-corrected chi connectivity index (χ0v) is 11.5. The molecule has 0 saturated carbocycles. The molecule has 1 aromatic carbocycles. The highest BCUT2D eigenvalue weighted by Gasteiger charge is 2.17. The second-order valence-corrected chi connectivity index (χ2v) is 5.65. The van der Waals surface area contributed by atoms with Crippen molar-refractivity contribution in [1.82, 2.24) is 5.32 Å². The lowest BCUT2D eigenvalue weighted by Crippen LogP contribution is -2.42. The van der Waals surface area contributed by atoms with Crippen molar-refractivity contribution >= 4 is 17.5 Å². The van der Waals surface area contributed by atoms with E-state index in [0.717, 1.165) is 24.5 Å². The molecule has 2 rings (SSSR count). The number of Topliss-reactive ketones (excluding diaryl/α,β-unsaturated/α-hetero) is 1. The summed E-state index contributed by atoms with van der Waals surface area (Å²) < 4.78 is 5.35. The molecule has 1 aliphatic rings. The topological polar surface area (TPSA) is 38.3 Å². The molecule has 1 fully saturated rings. The van der Waals surface area contributed by atoms with Crippen molar-refractivity contribution in [2.24, 2.45) is 0 Å². The van der Waals surface area contributed by atoms with E-state index in [4.69, 9.17) is 4.74 Å². The van der Waals surface area contributed by atoms with Gasteiger partial charge in [0, 0.05) is 29.5 Å². The van der Waals surface area contributed by atoms with Crippen molar-refractivity contribution in [3.05, 3.63) is 29.8 Å². The number of hydrogen-bond donors (Lipinski definition) is 1. The molecule has 1 saturated heterocycles. The highest BCUT2D eigenvalue weighted by atomic mass is 32.2. The maximum absolute atomic E-state index is 12.1. The molecule has 98 valence electrons. The number of benzene rings is 1. The summed E-state index contributed by atoms with van der Waals surface area (Å²) in [4.78, 5) is 13.3. The molecule has 1 aromatic rings. The summed E-state index contributed by atoms with van der Waals surface area (Å²) in [6, 6.07) is 8.04. The number of carbonyl (C=O) groups is 1. The Balaban J connectivity index is 1.91. The molecule has 4 heteroatoms. The zero-order chi connectivity index (χ0) is 12.8. The number of ether oxygens (including phenoxy) is 1. The smallest absolute Gasteiger partial charge is 0.164 e. The number of nitrogens with one attached hydrogen (secondary N) is 1. The summed E-state index contributed by atoms with van der Waals surface area (Å²) in [5.41, 5.74) is 0.794. The molecule has 1 heterocycles. The summed E-state index contributed by atoms with van der Waals surface area (Å²) in [6.07, 6.45) is 0.514. The highest BCUT2D eigenvalue weighted by molar-refractivity contribution is 7.99. The van der Waals surface area contributed by atoms with Crippen molar-refractivity contribution < 1.29 is 9.53 Å². The lowest BCUT2D eigenvalue weighted by Gasteiger charge is -2.23. The molecule has 0 radical (unpaired) electrons. The van der Waals surface area contributed by atoms with Gasteiger partial charge in [-0.25, -0.2) is 0 Å². The van der Waals surface area contributed by atoms with E-state index in [9.17, 15) is 4.79 Å². The van der Waals surface area contributed by atoms with Crippen LogP contribution in [0.3, 0.4) is 0 Å². The quantitative estimate of drug-likeness (QED) is 0.655. The zero-order valence-electron chi connectivity index (χ0n) is 10.6. The summed E-state index contributed by atoms with van der Waals surface area (Å²) >= 11 is 1.79. The highest BCUT2D eigenvalue weighted by Crippen LogP contribution is 2.18. The van der Waals surface area contributed by atoms with Gasteiger partial charge in [0.15, 0.2) is 5.78 Å². The fraction of sp³-hybridized carbons (Fsp3) is 0.500. The summed E-state index contributed by atoms with van der Waals surface area (Å²) in [7, 11) is 0. The van der Waals surface area contributed by atoms with Crippen LogP contribution >= 0.6 is 11.8 Å². The van der Waals surface area contributed by atoms with Crippen molar-refractivity contribution in [2.45, 2.75) is 24.3 Å². The Bertz CT molecular complexity index is 385. The standard InChI is InChI=1S/C14H19NO2S/c1-2-18-13-5-3-11(4-6-13)14(16)9-12-10-17-8-7-15-12/h3-6,12,15H,2,7-10H2,1H3. The van der Waals surface area contributed by atoms with Crippen LogP contribution in [0.15, 0.2) is 29.2 Å². The Morgan fingerprint density at radius 2 is 2.22 bits per heavy atom. The average Bonchev–Trinajstić information content (AvgIpc) is 2.41. The Morgan fingerprint density at radius 1 is 1.44 bits per heavy atom. The first-order valence-electron chi connectivity index (χ1n) is 6.37. The first-order chi connectivity index (χ1) is 8.79. The third-order valence-corrected chi connectivity index (χ3v) is 3.81. The van der Waals surface area contributed by atoms with Gasteiger partial charge < -0.3 is 10.1 Å². The number of hydrogen-bond acceptors (Lipinski definition) is 4. The predicted molar refractivity (Wildman–Crippen MR) is 74.4 cm³/mol. The number of carbonyl (C=O) groups excluding carboxylic acids is 1. The summed E-state index contributed by atoms with van der Waals surface area (Å²) in [6.45, 7) is 4.34. The lowest BCUT2D eigenvalue weighted by molar-refractivity contribution is 0.0676. The van der Waals surface area contributed by atoms with Crippen LogP contribution < -0.4 is 5.32 Å². The second kappa shape index (κ2) is 6.92. The van der Waals surface area contributed by atoms with Crippen LogP contribution in [0.4, 0.5) is 0 Å². The first kappa shape index (κ1) is 13.6. The third kappa shape index (κ3) is 3.83. The van der Waals surface area contributed by atoms with Gasteiger partial charge in [0.1, 0.15) is 0 Å². The summed E-state index contributed by atoms with van der Waals surface area (Å²) in [5.74, 6) is 1.24. The van der Waals surface area contributed by atoms with Crippen LogP contribution in [0, 0.1) is 0 Å². The largest absolute Gasteiger partial charge is 0.378 e. The third-order valence-electron chi connectivity index (χ3n) is 2.92. The minimum Gasteiger partial charge on any atom is -0.378 e. The normalized spacial score (nSPS) is 19.7. The van der Waals surface area contributed by atoms with Crippen LogP contribution in [-0.4, -0.2) is 37.3 Å². The van der Waals surface area contributed by atoms with E-state index < -0.39 is 0 Å². The number of thioether (sulfide) groups is 1. The molecular formula is C14H19NO2S. The molecule has 1 N–H and O–H groups in total. The minimum absolute atomic E-state index is 0.163. The van der Waals surface area contributed by atoms with Gasteiger partial charge in [-0.2, -0.15) is 0 Å². The van der Waals surface area contributed by atoms with Gasteiger partial charge in [0.25, 0.3) is 0 Å². The van der Waals surface area contributed by atoms with E-state index in [-0.39, 0.29) is 11.8 Å². The Morgan fingerprint density at radius 3 is 2.83 bits per heavy atom. The first-order valence-corrected chi connectivity index (χ1v) is 7.35. The van der Waals surface area contributed by atoms with Gasteiger partial charge in [-0.3, -0.25) is 4.79 Å². The van der Waals surface area contributed by atoms with Gasteiger partial charge >= 0.3 is 0 Å². The summed E-state index contributed by atoms with van der Waals surface area (Å²) in [5, 5.41) is 3.30. The Labute approximate surface area is 112 Å². The van der Waals surface area contributed by atoms with Gasteiger partial charge in [-0.15, -0.1) is 11.8 Å². The fourth-order valence-electron chi connectivity index (χ4n) is 2.00. The van der Waals surface area contributed by atoms with E-state index in [0.29, 0.717) is 13.0 Å². The maximum atomic E-state index is 12.1. The average molecular weight is 265 g/mol. The number of morpholine rings is 1. The molecule has 1 atom stereocenters. The lowest BCUT2D eigenvalue weighted by atomic mass is 10.0. The van der Waals surface area contributed by atoms with Crippen LogP contribution in [0.1, 0.15) is 23.7 Å². The molecule has 0 aromatic heterocycles. The number of ketones is 1. The van der Waals surface area contributed by atoms with Crippen LogP contribution in [-0.2, 0) is 4.74 Å². The predicted octanol–water partition coefficient (Wildman–Crippen LogP) is 2.36. The van der Waals surface area contributed by atoms with Crippen LogP contribution in [0.25, 0.3) is 0 Å². The van der Waals surface area contributed by atoms with Crippen LogP contribution in [0.5, 0.6) is 0 Å². The maximum Gasteiger partial charge on any atom is 0.164 e. The molecule has 0 amide bonds. The van der Waals surface area contributed by atoms with Crippen molar-refractivity contribution in [1.29, 1.82) is 0 Å². The van der Waals surface area contributed by atoms with Gasteiger partial charge in [-0.05, 0) is 17.9 Å². The molecule has 1 unspecified atom stereocenters. The fourth-order valence-corrected chi connectivity index (χ4v) is 2.66. The molecule has 0 aliphatic carbocycles. The van der Waals surface area contributed by atoms with Crippen LogP contribution in [0.2, 0.25) is 0 Å². The molecule has 18 heavy (non-hydrogen) atoms. The van der Waals surface area contributed by atoms with Crippen molar-refractivity contribution in [3.8, 4) is 0 Å². The van der Waals surface area contributed by atoms with E-state index >= 15 is 0 Å². The van der Waals surface area contributed by atoms with Gasteiger partial charge in [0.05, 0.1) is 13.2 Å². The van der Waals surface area contributed by atoms with E-state index in [1.165, 1.54) is 4.90 Å². The van der Waals surface area contributed by atoms with Crippen molar-refractivity contribution in [3.63, 3.8) is 0 Å². The van der Waals surface area contributed by atoms with Crippen molar-refractivity contribution in [2.75, 3.05) is 25.5 Å². The number of rotatable bonds is 5. The minimum atomic E-state index is 0.163. The molecule has 0 bridgehead atoms. The Hall–Kier alpha value is -0.840. The SMILES string of the molecule is CCSc1ccc(C(=O)CC2COCCN2)cc1. The van der Waals surface area contributed by atoms with E-state index in [2.05, 4.69) is 12.2 Å². The molecular weight excluding hydrogens is 246 g/mol. The second-order valence-electron chi connectivity index (χ2n) is 4.31. The molecule has 0 spiro atoms. The van der Waals surface area contributed by atoms with E-state index in [1.54, 1.807) is 11.8 Å². The Kier molecular flexibility index (Phi) is 5.23. The van der Waals surface area contributed by atoms with E-state index in [1.807, 2.05) is 24.3 Å². The van der Waals surface area contributed by atoms with Gasteiger partial charge in [-0.1, -0.05) is 19.1 Å². The monoisotopic (exact) mass is 265 g/mol. The van der Waals surface area contributed by atoms with Gasteiger partial charge in [0.2, 0.25) is 0 Å². The molecule has 3 nitrogen and oxygen atoms in total.